The zero-order chi connectivity index (χ0) is 11.1. The van der Waals surface area contributed by atoms with Crippen molar-refractivity contribution < 1.29 is 5.11 Å². The fraction of sp³-hybridized carbons (Fsp3) is 0.500. The lowest BCUT2D eigenvalue weighted by Gasteiger charge is -2.20. The number of aliphatic hydroxyl groups excluding tert-OH is 1. The molecular weight excluding hydrogens is 188 g/mol. The molecule has 0 aliphatic rings. The van der Waals surface area contributed by atoms with Crippen molar-refractivity contribution in [3.05, 3.63) is 35.9 Å². The summed E-state index contributed by atoms with van der Waals surface area (Å²) in [6, 6.07) is 9.75. The van der Waals surface area contributed by atoms with Gasteiger partial charge in [-0.25, -0.2) is 0 Å². The van der Waals surface area contributed by atoms with Gasteiger partial charge < -0.3 is 16.2 Å². The van der Waals surface area contributed by atoms with Gasteiger partial charge in [-0.05, 0) is 32.0 Å². The van der Waals surface area contributed by atoms with Crippen LogP contribution in [0.2, 0.25) is 0 Å². The van der Waals surface area contributed by atoms with Gasteiger partial charge in [0, 0.05) is 6.04 Å². The lowest BCUT2D eigenvalue weighted by molar-refractivity contribution is 0.136. The Labute approximate surface area is 91.3 Å². The summed E-state index contributed by atoms with van der Waals surface area (Å²) < 4.78 is 0. The van der Waals surface area contributed by atoms with E-state index in [-0.39, 0.29) is 6.04 Å². The molecule has 84 valence electrons. The van der Waals surface area contributed by atoms with Gasteiger partial charge in [0.25, 0.3) is 0 Å². The summed E-state index contributed by atoms with van der Waals surface area (Å²) in [4.78, 5) is 0. The number of rotatable bonds is 6. The van der Waals surface area contributed by atoms with E-state index in [4.69, 9.17) is 5.73 Å². The highest BCUT2D eigenvalue weighted by Crippen LogP contribution is 2.15. The Bertz CT molecular complexity index is 264. The van der Waals surface area contributed by atoms with Crippen LogP contribution in [0.4, 0.5) is 0 Å². The molecule has 2 atom stereocenters. The van der Waals surface area contributed by atoms with Crippen LogP contribution in [0.15, 0.2) is 30.3 Å². The third kappa shape index (κ3) is 4.00. The van der Waals surface area contributed by atoms with Crippen LogP contribution < -0.4 is 11.1 Å². The maximum Gasteiger partial charge on any atom is 0.0940 e. The van der Waals surface area contributed by atoms with E-state index in [0.717, 1.165) is 18.5 Å². The summed E-state index contributed by atoms with van der Waals surface area (Å²) in [6.45, 7) is 3.51. The first-order valence-corrected chi connectivity index (χ1v) is 5.42. The largest absolute Gasteiger partial charge is 0.387 e. The molecule has 0 radical (unpaired) electrons. The van der Waals surface area contributed by atoms with E-state index in [2.05, 4.69) is 5.32 Å². The predicted octanol–water partition coefficient (Wildman–Crippen LogP) is 1.05. The molecule has 3 heteroatoms. The van der Waals surface area contributed by atoms with Gasteiger partial charge >= 0.3 is 0 Å². The van der Waals surface area contributed by atoms with Crippen molar-refractivity contribution in [1.82, 2.24) is 5.32 Å². The lowest BCUT2D eigenvalue weighted by atomic mass is 10.0. The van der Waals surface area contributed by atoms with E-state index in [1.165, 1.54) is 0 Å². The molecule has 3 nitrogen and oxygen atoms in total. The summed E-state index contributed by atoms with van der Waals surface area (Å²) in [5, 5.41) is 13.2. The van der Waals surface area contributed by atoms with Crippen molar-refractivity contribution >= 4 is 0 Å². The van der Waals surface area contributed by atoms with Crippen molar-refractivity contribution in [2.75, 3.05) is 13.1 Å². The minimum atomic E-state index is -0.455. The normalized spacial score (nSPS) is 14.9. The molecule has 0 amide bonds. The highest BCUT2D eigenvalue weighted by atomic mass is 16.3. The molecule has 0 aliphatic carbocycles. The van der Waals surface area contributed by atoms with Crippen LogP contribution in [0.3, 0.4) is 0 Å². The van der Waals surface area contributed by atoms with Gasteiger partial charge in [0.1, 0.15) is 0 Å². The van der Waals surface area contributed by atoms with Gasteiger partial charge in [0.15, 0.2) is 0 Å². The molecule has 0 aromatic heterocycles. The number of nitrogens with two attached hydrogens (primary N) is 1. The lowest BCUT2D eigenvalue weighted by Crippen LogP contribution is -2.33. The maximum atomic E-state index is 9.99. The molecule has 1 aromatic carbocycles. The van der Waals surface area contributed by atoms with Crippen molar-refractivity contribution in [2.24, 2.45) is 5.73 Å². The SMILES string of the molecule is CC(NCCCN)C(O)c1ccccc1. The van der Waals surface area contributed by atoms with E-state index < -0.39 is 6.10 Å². The van der Waals surface area contributed by atoms with Gasteiger partial charge in [0.2, 0.25) is 0 Å². The number of hydrogen-bond acceptors (Lipinski definition) is 3. The zero-order valence-electron chi connectivity index (χ0n) is 9.19. The van der Waals surface area contributed by atoms with Crippen LogP contribution in [-0.2, 0) is 0 Å². The van der Waals surface area contributed by atoms with Crippen LogP contribution in [0, 0.1) is 0 Å². The van der Waals surface area contributed by atoms with Crippen molar-refractivity contribution in [1.29, 1.82) is 0 Å². The average molecular weight is 208 g/mol. The van der Waals surface area contributed by atoms with Crippen molar-refractivity contribution in [3.63, 3.8) is 0 Å². The second kappa shape index (κ2) is 6.56. The summed E-state index contributed by atoms with van der Waals surface area (Å²) in [5.74, 6) is 0. The number of hydrogen-bond donors (Lipinski definition) is 3. The molecule has 0 aliphatic heterocycles. The molecule has 0 heterocycles. The first-order valence-electron chi connectivity index (χ1n) is 5.42. The Hall–Kier alpha value is -0.900. The smallest absolute Gasteiger partial charge is 0.0940 e. The van der Waals surface area contributed by atoms with Gasteiger partial charge in [-0.2, -0.15) is 0 Å². The highest BCUT2D eigenvalue weighted by Gasteiger charge is 2.14. The van der Waals surface area contributed by atoms with Gasteiger partial charge in [-0.15, -0.1) is 0 Å². The Kier molecular flexibility index (Phi) is 5.32. The first-order chi connectivity index (χ1) is 7.25. The number of nitrogens with one attached hydrogen (secondary N) is 1. The van der Waals surface area contributed by atoms with Gasteiger partial charge in [-0.1, -0.05) is 30.3 Å². The quantitative estimate of drug-likeness (QED) is 0.612. The molecule has 1 aromatic rings. The minimum Gasteiger partial charge on any atom is -0.387 e. The van der Waals surface area contributed by atoms with Crippen LogP contribution in [0.5, 0.6) is 0 Å². The Morgan fingerprint density at radius 1 is 1.33 bits per heavy atom. The number of benzene rings is 1. The molecule has 0 saturated carbocycles. The fourth-order valence-corrected chi connectivity index (χ4v) is 1.48. The molecule has 1 rings (SSSR count). The van der Waals surface area contributed by atoms with Crippen LogP contribution in [-0.4, -0.2) is 24.2 Å². The van der Waals surface area contributed by atoms with E-state index in [1.807, 2.05) is 37.3 Å². The molecule has 0 fully saturated rings. The van der Waals surface area contributed by atoms with Crippen LogP contribution in [0.25, 0.3) is 0 Å². The number of aliphatic hydroxyl groups is 1. The maximum absolute atomic E-state index is 9.99. The topological polar surface area (TPSA) is 58.3 Å². The molecule has 2 unspecified atom stereocenters. The first kappa shape index (κ1) is 12.2. The Balaban J connectivity index is 2.42. The summed E-state index contributed by atoms with van der Waals surface area (Å²) in [6.07, 6.45) is 0.482. The van der Waals surface area contributed by atoms with E-state index in [1.54, 1.807) is 0 Å². The van der Waals surface area contributed by atoms with Crippen LogP contribution in [0.1, 0.15) is 25.0 Å². The Morgan fingerprint density at radius 3 is 2.60 bits per heavy atom. The van der Waals surface area contributed by atoms with Gasteiger partial charge in [0.05, 0.1) is 6.10 Å². The fourth-order valence-electron chi connectivity index (χ4n) is 1.48. The monoisotopic (exact) mass is 208 g/mol. The zero-order valence-corrected chi connectivity index (χ0v) is 9.19. The third-order valence-corrected chi connectivity index (χ3v) is 2.46. The summed E-state index contributed by atoms with van der Waals surface area (Å²) in [7, 11) is 0. The second-order valence-electron chi connectivity index (χ2n) is 3.74. The van der Waals surface area contributed by atoms with Crippen LogP contribution >= 0.6 is 0 Å². The van der Waals surface area contributed by atoms with Crippen molar-refractivity contribution in [2.45, 2.75) is 25.5 Å². The Morgan fingerprint density at radius 2 is 2.00 bits per heavy atom. The third-order valence-electron chi connectivity index (χ3n) is 2.46. The molecular formula is C12H20N2O. The second-order valence-corrected chi connectivity index (χ2v) is 3.74. The average Bonchev–Trinajstić information content (AvgIpc) is 2.29. The van der Waals surface area contributed by atoms with E-state index in [0.29, 0.717) is 6.54 Å². The molecule has 0 spiro atoms. The van der Waals surface area contributed by atoms with Crippen molar-refractivity contribution in [3.8, 4) is 0 Å². The molecule has 15 heavy (non-hydrogen) atoms. The minimum absolute atomic E-state index is 0.0546. The summed E-state index contributed by atoms with van der Waals surface area (Å²) in [5.41, 5.74) is 6.35. The van der Waals surface area contributed by atoms with E-state index in [9.17, 15) is 5.11 Å². The van der Waals surface area contributed by atoms with E-state index >= 15 is 0 Å². The molecule has 4 N–H and O–H groups in total. The molecule has 0 saturated heterocycles. The highest BCUT2D eigenvalue weighted by molar-refractivity contribution is 5.18. The van der Waals surface area contributed by atoms with Gasteiger partial charge in [-0.3, -0.25) is 0 Å². The predicted molar refractivity (Wildman–Crippen MR) is 62.5 cm³/mol. The molecule has 0 bridgehead atoms. The standard InChI is InChI=1S/C12H20N2O/c1-10(14-9-5-8-13)12(15)11-6-3-2-4-7-11/h2-4,6-7,10,12,14-15H,5,8-9,13H2,1H3. The summed E-state index contributed by atoms with van der Waals surface area (Å²) >= 11 is 0.